The van der Waals surface area contributed by atoms with E-state index in [1.54, 1.807) is 12.0 Å². The topological polar surface area (TPSA) is 72.6 Å². The fourth-order valence-electron chi connectivity index (χ4n) is 2.80. The van der Waals surface area contributed by atoms with Gasteiger partial charge < -0.3 is 15.4 Å². The number of hydrogen-bond donors (Lipinski definition) is 1. The quantitative estimate of drug-likeness (QED) is 0.903. The van der Waals surface area contributed by atoms with Gasteiger partial charge >= 0.3 is 0 Å². The van der Waals surface area contributed by atoms with Crippen LogP contribution in [0, 0.1) is 25.7 Å². The maximum absolute atomic E-state index is 12.6. The molecule has 2 amide bonds. The number of benzene rings is 1. The zero-order valence-electron chi connectivity index (χ0n) is 12.8. The molecule has 1 aromatic rings. The van der Waals surface area contributed by atoms with Crippen molar-refractivity contribution in [2.75, 3.05) is 26.8 Å². The highest BCUT2D eigenvalue weighted by atomic mass is 16.5. The molecule has 2 N–H and O–H groups in total. The number of carbonyl (C=O) groups excluding carboxylic acids is 2. The lowest BCUT2D eigenvalue weighted by Crippen LogP contribution is -2.32. The van der Waals surface area contributed by atoms with Crippen molar-refractivity contribution in [2.45, 2.75) is 13.8 Å². The molecule has 1 heterocycles. The number of rotatable bonds is 4. The van der Waals surface area contributed by atoms with Gasteiger partial charge in [0, 0.05) is 31.7 Å². The molecule has 2 rings (SSSR count). The monoisotopic (exact) mass is 290 g/mol. The van der Waals surface area contributed by atoms with Gasteiger partial charge in [-0.05, 0) is 37.1 Å². The summed E-state index contributed by atoms with van der Waals surface area (Å²) in [6.07, 6.45) is 0. The van der Waals surface area contributed by atoms with E-state index in [1.807, 2.05) is 32.0 Å². The Bertz CT molecular complexity index is 556. The molecule has 1 aliphatic heterocycles. The van der Waals surface area contributed by atoms with E-state index >= 15 is 0 Å². The molecule has 0 unspecified atom stereocenters. The molecule has 0 aliphatic carbocycles. The van der Waals surface area contributed by atoms with Gasteiger partial charge in [-0.1, -0.05) is 6.07 Å². The molecule has 0 spiro atoms. The molecule has 5 heteroatoms. The highest BCUT2D eigenvalue weighted by molar-refractivity contribution is 5.95. The average Bonchev–Trinajstić information content (AvgIpc) is 2.86. The van der Waals surface area contributed by atoms with Gasteiger partial charge in [0.25, 0.3) is 5.91 Å². The molecule has 1 aromatic carbocycles. The summed E-state index contributed by atoms with van der Waals surface area (Å²) in [5.74, 6) is -0.779. The van der Waals surface area contributed by atoms with Crippen molar-refractivity contribution in [1.82, 2.24) is 4.90 Å². The Morgan fingerprint density at radius 3 is 2.57 bits per heavy atom. The first-order valence-corrected chi connectivity index (χ1v) is 7.08. The molecule has 1 aliphatic rings. The minimum atomic E-state index is -0.368. The van der Waals surface area contributed by atoms with Gasteiger partial charge in [0.05, 0.1) is 12.5 Å². The predicted molar refractivity (Wildman–Crippen MR) is 79.9 cm³/mol. The van der Waals surface area contributed by atoms with E-state index in [2.05, 4.69) is 0 Å². The molecular formula is C16H22N2O3. The normalized spacial score (nSPS) is 21.6. The van der Waals surface area contributed by atoms with Gasteiger partial charge in [0.1, 0.15) is 0 Å². The van der Waals surface area contributed by atoms with Crippen LogP contribution in [0.5, 0.6) is 0 Å². The van der Waals surface area contributed by atoms with Crippen molar-refractivity contribution < 1.29 is 14.3 Å². The van der Waals surface area contributed by atoms with E-state index in [0.29, 0.717) is 25.3 Å². The molecule has 0 aromatic heterocycles. The van der Waals surface area contributed by atoms with Gasteiger partial charge in [0.15, 0.2) is 0 Å². The number of hydrogen-bond acceptors (Lipinski definition) is 3. The Morgan fingerprint density at radius 2 is 2.00 bits per heavy atom. The van der Waals surface area contributed by atoms with Crippen LogP contribution in [-0.4, -0.2) is 43.5 Å². The Labute approximate surface area is 125 Å². The first-order chi connectivity index (χ1) is 9.93. The number of primary amides is 1. The van der Waals surface area contributed by atoms with Crippen molar-refractivity contribution >= 4 is 11.8 Å². The van der Waals surface area contributed by atoms with Crippen LogP contribution in [0.4, 0.5) is 0 Å². The number of ether oxygens (including phenoxy) is 1. The lowest BCUT2D eigenvalue weighted by molar-refractivity contribution is -0.122. The Hall–Kier alpha value is -1.88. The summed E-state index contributed by atoms with van der Waals surface area (Å²) in [6, 6.07) is 5.66. The van der Waals surface area contributed by atoms with Gasteiger partial charge in [-0.15, -0.1) is 0 Å². The SMILES string of the molecule is COC[C@@H]1CN(C(=O)c2ccc(C)c(C)c2)C[C@H]1C(N)=O. The highest BCUT2D eigenvalue weighted by Crippen LogP contribution is 2.25. The molecule has 2 atom stereocenters. The molecule has 21 heavy (non-hydrogen) atoms. The molecule has 1 saturated heterocycles. The zero-order valence-corrected chi connectivity index (χ0v) is 12.8. The number of aryl methyl sites for hydroxylation is 2. The van der Waals surface area contributed by atoms with E-state index < -0.39 is 0 Å². The molecule has 0 saturated carbocycles. The van der Waals surface area contributed by atoms with Crippen molar-refractivity contribution in [3.8, 4) is 0 Å². The third-order valence-corrected chi connectivity index (χ3v) is 4.23. The van der Waals surface area contributed by atoms with Gasteiger partial charge in [-0.2, -0.15) is 0 Å². The first kappa shape index (κ1) is 15.5. The van der Waals surface area contributed by atoms with Crippen LogP contribution >= 0.6 is 0 Å². The summed E-state index contributed by atoms with van der Waals surface area (Å²) in [5.41, 5.74) is 8.32. The fraction of sp³-hybridized carbons (Fsp3) is 0.500. The zero-order chi connectivity index (χ0) is 15.6. The average molecular weight is 290 g/mol. The van der Waals surface area contributed by atoms with Crippen LogP contribution < -0.4 is 5.73 Å². The second kappa shape index (κ2) is 6.26. The molecule has 114 valence electrons. The van der Waals surface area contributed by atoms with Crippen LogP contribution in [0.1, 0.15) is 21.5 Å². The van der Waals surface area contributed by atoms with E-state index in [1.165, 1.54) is 0 Å². The number of nitrogens with two attached hydrogens (primary N) is 1. The second-order valence-corrected chi connectivity index (χ2v) is 5.73. The van der Waals surface area contributed by atoms with E-state index in [-0.39, 0.29) is 23.7 Å². The van der Waals surface area contributed by atoms with Crippen LogP contribution in [-0.2, 0) is 9.53 Å². The summed E-state index contributed by atoms with van der Waals surface area (Å²) < 4.78 is 5.13. The van der Waals surface area contributed by atoms with Crippen molar-refractivity contribution in [3.05, 3.63) is 34.9 Å². The lowest BCUT2D eigenvalue weighted by atomic mass is 9.96. The van der Waals surface area contributed by atoms with Crippen LogP contribution in [0.2, 0.25) is 0 Å². The van der Waals surface area contributed by atoms with E-state index in [9.17, 15) is 9.59 Å². The number of likely N-dealkylation sites (tertiary alicyclic amines) is 1. The van der Waals surface area contributed by atoms with Crippen LogP contribution in [0.15, 0.2) is 18.2 Å². The summed E-state index contributed by atoms with van der Waals surface area (Å²) in [4.78, 5) is 25.8. The number of nitrogens with zero attached hydrogens (tertiary/aromatic N) is 1. The Kier molecular flexibility index (Phi) is 4.63. The van der Waals surface area contributed by atoms with Crippen molar-refractivity contribution in [1.29, 1.82) is 0 Å². The molecule has 5 nitrogen and oxygen atoms in total. The minimum absolute atomic E-state index is 0.0250. The molecule has 1 fully saturated rings. The maximum atomic E-state index is 12.6. The smallest absolute Gasteiger partial charge is 0.253 e. The molecule has 0 bridgehead atoms. The predicted octanol–water partition coefficient (Wildman–Crippen LogP) is 1.12. The van der Waals surface area contributed by atoms with Crippen LogP contribution in [0.3, 0.4) is 0 Å². The summed E-state index contributed by atoms with van der Waals surface area (Å²) >= 11 is 0. The third-order valence-electron chi connectivity index (χ3n) is 4.23. The second-order valence-electron chi connectivity index (χ2n) is 5.73. The van der Waals surface area contributed by atoms with Crippen LogP contribution in [0.25, 0.3) is 0 Å². The standard InChI is InChI=1S/C16H22N2O3/c1-10-4-5-12(6-11(10)2)16(20)18-7-13(9-21-3)14(8-18)15(17)19/h4-6,13-14H,7-9H2,1-3H3,(H2,17,19)/t13-,14+/m0/s1. The van der Waals surface area contributed by atoms with E-state index in [4.69, 9.17) is 10.5 Å². The largest absolute Gasteiger partial charge is 0.384 e. The number of amides is 2. The summed E-state index contributed by atoms with van der Waals surface area (Å²) in [6.45, 7) is 5.31. The third kappa shape index (κ3) is 3.24. The van der Waals surface area contributed by atoms with E-state index in [0.717, 1.165) is 11.1 Å². The minimum Gasteiger partial charge on any atom is -0.384 e. The fourth-order valence-corrected chi connectivity index (χ4v) is 2.80. The summed E-state index contributed by atoms with van der Waals surface area (Å²) in [7, 11) is 1.59. The van der Waals surface area contributed by atoms with Gasteiger partial charge in [-0.25, -0.2) is 0 Å². The van der Waals surface area contributed by atoms with Crippen molar-refractivity contribution in [2.24, 2.45) is 17.6 Å². The summed E-state index contributed by atoms with van der Waals surface area (Å²) in [5, 5.41) is 0. The number of methoxy groups -OCH3 is 1. The first-order valence-electron chi connectivity index (χ1n) is 7.08. The molecule has 0 radical (unpaired) electrons. The number of carbonyl (C=O) groups is 2. The maximum Gasteiger partial charge on any atom is 0.253 e. The molecular weight excluding hydrogens is 268 g/mol. The Balaban J connectivity index is 2.16. The van der Waals surface area contributed by atoms with Gasteiger partial charge in [0.2, 0.25) is 5.91 Å². The lowest BCUT2D eigenvalue weighted by Gasteiger charge is -2.17. The highest BCUT2D eigenvalue weighted by Gasteiger charge is 2.38. The van der Waals surface area contributed by atoms with Gasteiger partial charge in [-0.3, -0.25) is 9.59 Å². The Morgan fingerprint density at radius 1 is 1.29 bits per heavy atom. The van der Waals surface area contributed by atoms with Crippen molar-refractivity contribution in [3.63, 3.8) is 0 Å².